The van der Waals surface area contributed by atoms with E-state index in [1.165, 1.54) is 3.57 Å². The lowest BCUT2D eigenvalue weighted by Gasteiger charge is -2.05. The van der Waals surface area contributed by atoms with Crippen LogP contribution in [0.15, 0.2) is 29.4 Å². The quantitative estimate of drug-likeness (QED) is 0.224. The molecule has 0 spiro atoms. The van der Waals surface area contributed by atoms with E-state index in [0.717, 1.165) is 38.0 Å². The molecule has 1 rings (SSSR count). The highest BCUT2D eigenvalue weighted by molar-refractivity contribution is 14.1. The monoisotopic (exact) mass is 345 g/mol. The Kier molecular flexibility index (Phi) is 7.58. The van der Waals surface area contributed by atoms with Crippen molar-refractivity contribution in [1.29, 1.82) is 0 Å². The zero-order valence-corrected chi connectivity index (χ0v) is 11.8. The van der Waals surface area contributed by atoms with Crippen molar-refractivity contribution >= 4 is 22.6 Å². The number of ether oxygens (including phenoxy) is 1. The number of rotatable bonds is 8. The van der Waals surface area contributed by atoms with Gasteiger partial charge in [0.25, 0.3) is 0 Å². The predicted molar refractivity (Wildman–Crippen MR) is 77.1 cm³/mol. The van der Waals surface area contributed by atoms with Crippen molar-refractivity contribution in [2.75, 3.05) is 13.2 Å². The van der Waals surface area contributed by atoms with E-state index in [1.54, 1.807) is 0 Å². The standard InChI is InChI=1S/C12H16IN3O/c13-11-6-5-7-12(10-11)17-9-4-2-1-3-8-15-16-14/h5-7,10H,1-4,8-9H2. The Bertz CT molecular complexity index is 378. The summed E-state index contributed by atoms with van der Waals surface area (Å²) in [6.45, 7) is 1.36. The Hall–Kier alpha value is -0.940. The third-order valence-electron chi connectivity index (χ3n) is 2.28. The molecule has 0 radical (unpaired) electrons. The summed E-state index contributed by atoms with van der Waals surface area (Å²) in [6.07, 6.45) is 4.22. The molecular weight excluding hydrogens is 329 g/mol. The van der Waals surface area contributed by atoms with Gasteiger partial charge in [-0.1, -0.05) is 24.0 Å². The second-order valence-corrected chi connectivity index (χ2v) is 4.92. The third kappa shape index (κ3) is 7.07. The Morgan fingerprint density at radius 1 is 1.24 bits per heavy atom. The molecular formula is C12H16IN3O. The number of nitrogens with zero attached hydrogens (tertiary/aromatic N) is 3. The van der Waals surface area contributed by atoms with Crippen LogP contribution in [0.1, 0.15) is 25.7 Å². The first kappa shape index (κ1) is 14.1. The van der Waals surface area contributed by atoms with Crippen LogP contribution in [-0.2, 0) is 0 Å². The molecule has 0 bridgehead atoms. The van der Waals surface area contributed by atoms with Crippen LogP contribution in [0.2, 0.25) is 0 Å². The smallest absolute Gasteiger partial charge is 0.120 e. The normalized spacial score (nSPS) is 9.71. The van der Waals surface area contributed by atoms with E-state index < -0.39 is 0 Å². The number of azide groups is 1. The summed E-state index contributed by atoms with van der Waals surface area (Å²) in [7, 11) is 0. The number of unbranched alkanes of at least 4 members (excludes halogenated alkanes) is 3. The Labute approximate surface area is 115 Å². The van der Waals surface area contributed by atoms with E-state index in [0.29, 0.717) is 6.54 Å². The van der Waals surface area contributed by atoms with Gasteiger partial charge in [0.15, 0.2) is 0 Å². The van der Waals surface area contributed by atoms with E-state index in [9.17, 15) is 0 Å². The fraction of sp³-hybridized carbons (Fsp3) is 0.500. The van der Waals surface area contributed by atoms with Gasteiger partial charge >= 0.3 is 0 Å². The predicted octanol–water partition coefficient (Wildman–Crippen LogP) is 4.54. The fourth-order valence-corrected chi connectivity index (χ4v) is 1.94. The van der Waals surface area contributed by atoms with Gasteiger partial charge in [0.1, 0.15) is 5.75 Å². The van der Waals surface area contributed by atoms with Crippen molar-refractivity contribution in [1.82, 2.24) is 0 Å². The van der Waals surface area contributed by atoms with Crippen LogP contribution in [-0.4, -0.2) is 13.2 Å². The lowest BCUT2D eigenvalue weighted by molar-refractivity contribution is 0.304. The number of hydrogen-bond acceptors (Lipinski definition) is 2. The summed E-state index contributed by atoms with van der Waals surface area (Å²) >= 11 is 2.27. The molecule has 0 amide bonds. The summed E-state index contributed by atoms with van der Waals surface area (Å²) in [5, 5.41) is 3.50. The Morgan fingerprint density at radius 3 is 2.82 bits per heavy atom. The molecule has 1 aromatic carbocycles. The van der Waals surface area contributed by atoms with Gasteiger partial charge in [-0.15, -0.1) is 0 Å². The average Bonchev–Trinajstić information content (AvgIpc) is 2.33. The van der Waals surface area contributed by atoms with Gasteiger partial charge in [-0.2, -0.15) is 0 Å². The summed E-state index contributed by atoms with van der Waals surface area (Å²) in [5.41, 5.74) is 8.09. The van der Waals surface area contributed by atoms with Crippen LogP contribution < -0.4 is 4.74 Å². The van der Waals surface area contributed by atoms with Crippen molar-refractivity contribution in [3.05, 3.63) is 38.3 Å². The molecule has 0 unspecified atom stereocenters. The maximum absolute atomic E-state index is 8.09. The van der Waals surface area contributed by atoms with Crippen LogP contribution in [0.3, 0.4) is 0 Å². The first-order chi connectivity index (χ1) is 8.33. The van der Waals surface area contributed by atoms with Crippen LogP contribution in [0.5, 0.6) is 5.75 Å². The Morgan fingerprint density at radius 2 is 2.06 bits per heavy atom. The molecule has 0 aliphatic rings. The van der Waals surface area contributed by atoms with Gasteiger partial charge < -0.3 is 4.74 Å². The van der Waals surface area contributed by atoms with Gasteiger partial charge in [-0.3, -0.25) is 0 Å². The van der Waals surface area contributed by atoms with Crippen LogP contribution >= 0.6 is 22.6 Å². The largest absolute Gasteiger partial charge is 0.494 e. The van der Waals surface area contributed by atoms with Crippen LogP contribution in [0, 0.1) is 3.57 Å². The molecule has 0 fully saturated rings. The Balaban J connectivity index is 2.02. The molecule has 0 saturated carbocycles. The van der Waals surface area contributed by atoms with Gasteiger partial charge in [0, 0.05) is 15.0 Å². The van der Waals surface area contributed by atoms with E-state index in [1.807, 2.05) is 24.3 Å². The molecule has 0 heterocycles. The maximum atomic E-state index is 8.09. The van der Waals surface area contributed by atoms with Crippen LogP contribution in [0.25, 0.3) is 10.4 Å². The molecule has 4 nitrogen and oxygen atoms in total. The lowest BCUT2D eigenvalue weighted by Crippen LogP contribution is -1.97. The molecule has 0 aliphatic heterocycles. The minimum atomic E-state index is 0.605. The van der Waals surface area contributed by atoms with Crippen molar-refractivity contribution in [2.24, 2.45) is 5.11 Å². The molecule has 17 heavy (non-hydrogen) atoms. The second kappa shape index (κ2) is 9.13. The summed E-state index contributed by atoms with van der Waals surface area (Å²) in [4.78, 5) is 2.72. The highest BCUT2D eigenvalue weighted by Crippen LogP contribution is 2.15. The van der Waals surface area contributed by atoms with Crippen molar-refractivity contribution < 1.29 is 4.74 Å². The summed E-state index contributed by atoms with van der Waals surface area (Å²) in [5.74, 6) is 0.936. The van der Waals surface area contributed by atoms with Gasteiger partial charge in [0.2, 0.25) is 0 Å². The molecule has 92 valence electrons. The SMILES string of the molecule is [N-]=[N+]=NCCCCCCOc1cccc(I)c1. The van der Waals surface area contributed by atoms with E-state index in [-0.39, 0.29) is 0 Å². The van der Waals surface area contributed by atoms with Gasteiger partial charge in [-0.25, -0.2) is 0 Å². The molecule has 0 saturated heterocycles. The summed E-state index contributed by atoms with van der Waals surface area (Å²) in [6, 6.07) is 8.05. The van der Waals surface area contributed by atoms with Gasteiger partial charge in [0.05, 0.1) is 6.61 Å². The van der Waals surface area contributed by atoms with Gasteiger partial charge in [-0.05, 0) is 59.2 Å². The minimum absolute atomic E-state index is 0.605. The lowest BCUT2D eigenvalue weighted by atomic mass is 10.2. The first-order valence-corrected chi connectivity index (χ1v) is 6.80. The van der Waals surface area contributed by atoms with E-state index in [2.05, 4.69) is 32.6 Å². The maximum Gasteiger partial charge on any atom is 0.120 e. The average molecular weight is 345 g/mol. The fourth-order valence-electron chi connectivity index (χ4n) is 1.43. The highest BCUT2D eigenvalue weighted by Gasteiger charge is 1.94. The number of benzene rings is 1. The first-order valence-electron chi connectivity index (χ1n) is 5.72. The van der Waals surface area contributed by atoms with E-state index >= 15 is 0 Å². The van der Waals surface area contributed by atoms with Crippen LogP contribution in [0.4, 0.5) is 0 Å². The van der Waals surface area contributed by atoms with Crippen molar-refractivity contribution in [2.45, 2.75) is 25.7 Å². The molecule has 5 heteroatoms. The third-order valence-corrected chi connectivity index (χ3v) is 2.95. The van der Waals surface area contributed by atoms with Crippen molar-refractivity contribution in [3.8, 4) is 5.75 Å². The summed E-state index contributed by atoms with van der Waals surface area (Å²) < 4.78 is 6.82. The molecule has 0 aliphatic carbocycles. The molecule has 0 atom stereocenters. The number of hydrogen-bond donors (Lipinski definition) is 0. The molecule has 0 N–H and O–H groups in total. The topological polar surface area (TPSA) is 58.0 Å². The molecule has 1 aromatic rings. The zero-order valence-electron chi connectivity index (χ0n) is 9.68. The number of halogens is 1. The van der Waals surface area contributed by atoms with Crippen molar-refractivity contribution in [3.63, 3.8) is 0 Å². The molecule has 0 aromatic heterocycles. The van der Waals surface area contributed by atoms with E-state index in [4.69, 9.17) is 10.3 Å². The second-order valence-electron chi connectivity index (χ2n) is 3.67. The zero-order chi connectivity index (χ0) is 12.3. The minimum Gasteiger partial charge on any atom is -0.494 e. The highest BCUT2D eigenvalue weighted by atomic mass is 127.